The predicted octanol–water partition coefficient (Wildman–Crippen LogP) is 18.1. The lowest BCUT2D eigenvalue weighted by atomic mass is 10.1. The Morgan fingerprint density at radius 1 is 0.313 bits per heavy atom. The molecular formula is C61H98O6. The highest BCUT2D eigenvalue weighted by Gasteiger charge is 2.19. The summed E-state index contributed by atoms with van der Waals surface area (Å²) in [5.74, 6) is -1.00. The summed E-state index contributed by atoms with van der Waals surface area (Å²) < 4.78 is 16.8. The number of hydrogen-bond acceptors (Lipinski definition) is 6. The van der Waals surface area contributed by atoms with E-state index in [1.54, 1.807) is 0 Å². The summed E-state index contributed by atoms with van der Waals surface area (Å²) in [7, 11) is 0. The van der Waals surface area contributed by atoms with Crippen LogP contribution in [0.25, 0.3) is 0 Å². The van der Waals surface area contributed by atoms with Crippen molar-refractivity contribution in [2.24, 2.45) is 0 Å². The summed E-state index contributed by atoms with van der Waals surface area (Å²) in [4.78, 5) is 38.1. The topological polar surface area (TPSA) is 78.9 Å². The van der Waals surface area contributed by atoms with Crippen molar-refractivity contribution in [3.05, 3.63) is 122 Å². The zero-order valence-electron chi connectivity index (χ0n) is 43.1. The van der Waals surface area contributed by atoms with Crippen LogP contribution < -0.4 is 0 Å². The van der Waals surface area contributed by atoms with E-state index in [-0.39, 0.29) is 37.5 Å². The van der Waals surface area contributed by atoms with E-state index in [1.165, 1.54) is 51.4 Å². The lowest BCUT2D eigenvalue weighted by Crippen LogP contribution is -2.30. The fourth-order valence-corrected chi connectivity index (χ4v) is 6.92. The number of allylic oxidation sites excluding steroid dienone is 20. The molecule has 0 amide bonds. The van der Waals surface area contributed by atoms with Gasteiger partial charge in [-0.15, -0.1) is 0 Å². The molecule has 0 aromatic heterocycles. The van der Waals surface area contributed by atoms with Gasteiger partial charge in [0, 0.05) is 19.3 Å². The molecule has 6 nitrogen and oxygen atoms in total. The Morgan fingerprint density at radius 2 is 0.582 bits per heavy atom. The molecule has 378 valence electrons. The van der Waals surface area contributed by atoms with E-state index >= 15 is 0 Å². The first-order valence-corrected chi connectivity index (χ1v) is 27.0. The van der Waals surface area contributed by atoms with Gasteiger partial charge < -0.3 is 14.2 Å². The van der Waals surface area contributed by atoms with Crippen LogP contribution in [0.15, 0.2) is 122 Å². The van der Waals surface area contributed by atoms with E-state index in [9.17, 15) is 14.4 Å². The van der Waals surface area contributed by atoms with Gasteiger partial charge in [-0.25, -0.2) is 0 Å². The first-order valence-electron chi connectivity index (χ1n) is 27.0. The molecule has 0 fully saturated rings. The molecule has 0 aliphatic rings. The van der Waals surface area contributed by atoms with Gasteiger partial charge in [0.2, 0.25) is 0 Å². The van der Waals surface area contributed by atoms with Crippen molar-refractivity contribution in [2.75, 3.05) is 13.2 Å². The summed E-state index contributed by atoms with van der Waals surface area (Å²) in [5, 5.41) is 0. The molecule has 0 rings (SSSR count). The highest BCUT2D eigenvalue weighted by atomic mass is 16.6. The SMILES string of the molecule is CC/C=C\C/C=C\C/C=C\C/C=C\C/C=C\CCCCCC(=O)OCC(COC(=O)CCCCCCC/C=C\CCCCCCCC)OC(=O)CCCC/C=C\C/C=C\C/C=C\C/C=C\CC. The lowest BCUT2D eigenvalue weighted by molar-refractivity contribution is -0.167. The molecule has 0 saturated carbocycles. The Balaban J connectivity index is 4.54. The number of carbonyl (C=O) groups is 3. The van der Waals surface area contributed by atoms with Crippen LogP contribution in [0.4, 0.5) is 0 Å². The van der Waals surface area contributed by atoms with Crippen molar-refractivity contribution in [1.82, 2.24) is 0 Å². The van der Waals surface area contributed by atoms with E-state index < -0.39 is 6.10 Å². The van der Waals surface area contributed by atoms with Gasteiger partial charge >= 0.3 is 17.9 Å². The number of carbonyl (C=O) groups excluding carboxylic acids is 3. The van der Waals surface area contributed by atoms with Crippen molar-refractivity contribution in [2.45, 2.75) is 232 Å². The third-order valence-electron chi connectivity index (χ3n) is 10.9. The largest absolute Gasteiger partial charge is 0.462 e. The van der Waals surface area contributed by atoms with E-state index in [0.29, 0.717) is 19.3 Å². The molecular weight excluding hydrogens is 829 g/mol. The highest BCUT2D eigenvalue weighted by Crippen LogP contribution is 2.12. The van der Waals surface area contributed by atoms with Gasteiger partial charge in [-0.2, -0.15) is 0 Å². The summed E-state index contributed by atoms with van der Waals surface area (Å²) in [5.41, 5.74) is 0. The monoisotopic (exact) mass is 927 g/mol. The number of ether oxygens (including phenoxy) is 3. The van der Waals surface area contributed by atoms with Gasteiger partial charge in [-0.3, -0.25) is 14.4 Å². The standard InChI is InChI=1S/C61H98O6/c1-4-7-10-13-16-19-22-25-28-29-30-31-34-36-39-42-45-48-51-54-60(63)66-57-58(67-61(64)55-52-49-46-43-40-37-33-27-24-21-18-15-12-9-6-3)56-65-59(62)53-50-47-44-41-38-35-32-26-23-20-17-14-11-8-5-2/h7,9-10,12,16,18-19,21,25-28,30-33,36,39-40,43,58H,4-6,8,11,13-15,17,20,22-24,29,34-35,37-38,41-42,44-57H2,1-3H3/b10-7-,12-9-,19-16-,21-18-,28-25-,31-30-,32-26-,33-27-,39-36-,43-40-. The third-order valence-corrected chi connectivity index (χ3v) is 10.9. The molecule has 0 bridgehead atoms. The van der Waals surface area contributed by atoms with Gasteiger partial charge in [0.1, 0.15) is 13.2 Å². The lowest BCUT2D eigenvalue weighted by Gasteiger charge is -2.18. The second-order valence-electron chi connectivity index (χ2n) is 17.4. The predicted molar refractivity (Wildman–Crippen MR) is 288 cm³/mol. The van der Waals surface area contributed by atoms with Crippen LogP contribution in [0, 0.1) is 0 Å². The van der Waals surface area contributed by atoms with Gasteiger partial charge in [-0.05, 0) is 128 Å². The number of hydrogen-bond donors (Lipinski definition) is 0. The third kappa shape index (κ3) is 52.6. The molecule has 1 atom stereocenters. The molecule has 0 heterocycles. The second kappa shape index (κ2) is 54.4. The van der Waals surface area contributed by atoms with E-state index in [1.807, 2.05) is 0 Å². The molecule has 6 heteroatoms. The van der Waals surface area contributed by atoms with Crippen LogP contribution in [0.2, 0.25) is 0 Å². The zero-order chi connectivity index (χ0) is 48.6. The summed E-state index contributed by atoms with van der Waals surface area (Å²) in [6.07, 6.45) is 74.7. The Bertz CT molecular complexity index is 1440. The minimum absolute atomic E-state index is 0.113. The average Bonchev–Trinajstić information content (AvgIpc) is 3.33. The highest BCUT2D eigenvalue weighted by molar-refractivity contribution is 5.71. The maximum Gasteiger partial charge on any atom is 0.306 e. The maximum atomic E-state index is 12.8. The fourth-order valence-electron chi connectivity index (χ4n) is 6.92. The molecule has 0 spiro atoms. The van der Waals surface area contributed by atoms with Gasteiger partial charge in [-0.1, -0.05) is 200 Å². The Labute approximate surface area is 412 Å². The van der Waals surface area contributed by atoms with Crippen molar-refractivity contribution in [1.29, 1.82) is 0 Å². The quantitative estimate of drug-likeness (QED) is 0.0262. The Morgan fingerprint density at radius 3 is 0.970 bits per heavy atom. The molecule has 0 aromatic carbocycles. The summed E-state index contributed by atoms with van der Waals surface area (Å²) >= 11 is 0. The van der Waals surface area contributed by atoms with Crippen LogP contribution in [0.1, 0.15) is 226 Å². The normalized spacial score (nSPS) is 13.1. The minimum Gasteiger partial charge on any atom is -0.462 e. The minimum atomic E-state index is -0.820. The molecule has 0 aliphatic heterocycles. The molecule has 0 aliphatic carbocycles. The van der Waals surface area contributed by atoms with Crippen LogP contribution in [0.3, 0.4) is 0 Å². The van der Waals surface area contributed by atoms with Gasteiger partial charge in [0.05, 0.1) is 0 Å². The fraction of sp³-hybridized carbons (Fsp3) is 0.623. The maximum absolute atomic E-state index is 12.8. The van der Waals surface area contributed by atoms with Gasteiger partial charge in [0.25, 0.3) is 0 Å². The Kier molecular flexibility index (Phi) is 51.0. The summed E-state index contributed by atoms with van der Waals surface area (Å²) in [6, 6.07) is 0. The van der Waals surface area contributed by atoms with Crippen LogP contribution >= 0.6 is 0 Å². The van der Waals surface area contributed by atoms with Crippen molar-refractivity contribution in [3.63, 3.8) is 0 Å². The summed E-state index contributed by atoms with van der Waals surface area (Å²) in [6.45, 7) is 6.32. The van der Waals surface area contributed by atoms with E-state index in [4.69, 9.17) is 14.2 Å². The number of rotatable bonds is 47. The molecule has 67 heavy (non-hydrogen) atoms. The van der Waals surface area contributed by atoms with Crippen molar-refractivity contribution < 1.29 is 28.6 Å². The average molecular weight is 927 g/mol. The molecule has 0 radical (unpaired) electrons. The van der Waals surface area contributed by atoms with E-state index in [0.717, 1.165) is 128 Å². The van der Waals surface area contributed by atoms with Crippen LogP contribution in [-0.2, 0) is 28.6 Å². The first-order chi connectivity index (χ1) is 33.0. The zero-order valence-corrected chi connectivity index (χ0v) is 43.1. The number of esters is 3. The van der Waals surface area contributed by atoms with E-state index in [2.05, 4.69) is 142 Å². The van der Waals surface area contributed by atoms with Crippen LogP contribution in [0.5, 0.6) is 0 Å². The number of unbranched alkanes of at least 4 members (excludes halogenated alkanes) is 16. The smallest absolute Gasteiger partial charge is 0.306 e. The van der Waals surface area contributed by atoms with Crippen molar-refractivity contribution >= 4 is 17.9 Å². The molecule has 0 N–H and O–H groups in total. The van der Waals surface area contributed by atoms with Gasteiger partial charge in [0.15, 0.2) is 6.10 Å². The Hall–Kier alpha value is -4.19. The second-order valence-corrected chi connectivity index (χ2v) is 17.4. The molecule has 1 unspecified atom stereocenters. The first kappa shape index (κ1) is 62.8. The molecule has 0 aromatic rings. The van der Waals surface area contributed by atoms with Crippen LogP contribution in [-0.4, -0.2) is 37.2 Å². The molecule has 0 saturated heterocycles. The van der Waals surface area contributed by atoms with Crippen molar-refractivity contribution in [3.8, 4) is 0 Å².